The first kappa shape index (κ1) is 25.9. The summed E-state index contributed by atoms with van der Waals surface area (Å²) in [7, 11) is 0. The van der Waals surface area contributed by atoms with Gasteiger partial charge in [0.05, 0.1) is 24.1 Å². The van der Waals surface area contributed by atoms with E-state index < -0.39 is 0 Å². The fourth-order valence-electron chi connectivity index (χ4n) is 5.11. The van der Waals surface area contributed by atoms with Crippen LogP contribution in [0.15, 0.2) is 60.7 Å². The van der Waals surface area contributed by atoms with Gasteiger partial charge >= 0.3 is 5.97 Å². The normalized spacial score (nSPS) is 14.1. The number of hydrogen-bond acceptors (Lipinski definition) is 6. The van der Waals surface area contributed by atoms with Gasteiger partial charge in [-0.3, -0.25) is 4.68 Å². The average Bonchev–Trinajstić information content (AvgIpc) is 3.25. The number of esters is 1. The molecule has 2 aromatic heterocycles. The van der Waals surface area contributed by atoms with Gasteiger partial charge in [0.1, 0.15) is 11.5 Å². The van der Waals surface area contributed by atoms with Crippen LogP contribution >= 0.6 is 0 Å². The predicted octanol–water partition coefficient (Wildman–Crippen LogP) is 6.18. The van der Waals surface area contributed by atoms with Gasteiger partial charge in [-0.2, -0.15) is 5.10 Å². The van der Waals surface area contributed by atoms with Crippen molar-refractivity contribution in [2.24, 2.45) is 0 Å². The second-order valence-electron chi connectivity index (χ2n) is 9.89. The largest absolute Gasteiger partial charge is 0.462 e. The molecule has 1 aliphatic rings. The quantitative estimate of drug-likeness (QED) is 0.237. The third kappa shape index (κ3) is 6.22. The number of carbonyl (C=O) groups is 1. The Hall–Kier alpha value is -3.71. The first-order valence-electron chi connectivity index (χ1n) is 13.7. The van der Waals surface area contributed by atoms with Crippen LogP contribution in [0.2, 0.25) is 0 Å². The molecule has 1 fully saturated rings. The molecule has 0 radical (unpaired) electrons. The van der Waals surface area contributed by atoms with E-state index in [1.807, 2.05) is 79.2 Å². The number of ether oxygens (including phenoxy) is 2. The number of aryl methyl sites for hydroxylation is 2. The van der Waals surface area contributed by atoms with Crippen LogP contribution in [0.5, 0.6) is 11.5 Å². The van der Waals surface area contributed by atoms with Crippen LogP contribution in [0.25, 0.3) is 11.0 Å². The lowest BCUT2D eigenvalue weighted by Gasteiger charge is -2.26. The molecule has 5 rings (SSSR count). The van der Waals surface area contributed by atoms with Gasteiger partial charge in [-0.25, -0.2) is 9.78 Å². The van der Waals surface area contributed by atoms with Gasteiger partial charge in [0.25, 0.3) is 0 Å². The number of hydrogen-bond donors (Lipinski definition) is 0. The highest BCUT2D eigenvalue weighted by Crippen LogP contribution is 2.26. The van der Waals surface area contributed by atoms with Crippen LogP contribution in [0, 0.1) is 6.92 Å². The molecule has 7 heteroatoms. The molecule has 0 spiro atoms. The summed E-state index contributed by atoms with van der Waals surface area (Å²) >= 11 is 0. The maximum Gasteiger partial charge on any atom is 0.339 e. The maximum absolute atomic E-state index is 12.9. The Labute approximate surface area is 224 Å². The summed E-state index contributed by atoms with van der Waals surface area (Å²) in [4.78, 5) is 20.3. The molecule has 198 valence electrons. The Kier molecular flexibility index (Phi) is 8.34. The highest BCUT2D eigenvalue weighted by molar-refractivity contribution is 6.03. The van der Waals surface area contributed by atoms with Crippen LogP contribution in [0.1, 0.15) is 59.9 Å². The summed E-state index contributed by atoms with van der Waals surface area (Å²) in [5.74, 6) is 1.27. The van der Waals surface area contributed by atoms with Crippen molar-refractivity contribution in [3.05, 3.63) is 83.2 Å². The maximum atomic E-state index is 12.9. The average molecular weight is 513 g/mol. The number of rotatable bonds is 10. The van der Waals surface area contributed by atoms with Crippen molar-refractivity contribution >= 4 is 17.0 Å². The second-order valence-corrected chi connectivity index (χ2v) is 9.89. The zero-order valence-electron chi connectivity index (χ0n) is 22.4. The zero-order chi connectivity index (χ0) is 26.3. The molecule has 3 heterocycles. The van der Waals surface area contributed by atoms with Crippen molar-refractivity contribution in [1.29, 1.82) is 0 Å². The second kappa shape index (κ2) is 12.2. The van der Waals surface area contributed by atoms with E-state index in [1.54, 1.807) is 0 Å². The first-order chi connectivity index (χ1) is 18.6. The van der Waals surface area contributed by atoms with E-state index in [0.717, 1.165) is 53.2 Å². The lowest BCUT2D eigenvalue weighted by Crippen LogP contribution is -2.30. The molecule has 0 bridgehead atoms. The van der Waals surface area contributed by atoms with Gasteiger partial charge in [0, 0.05) is 11.4 Å². The SMILES string of the molecule is CCOC(=O)c1cc(CCCN2CCCCC2)nc2nn(Cc3ccc(Oc4ccccc4)cc3)c(C)c12. The number of benzene rings is 2. The van der Waals surface area contributed by atoms with E-state index in [1.165, 1.54) is 32.4 Å². The minimum atomic E-state index is -0.317. The zero-order valence-corrected chi connectivity index (χ0v) is 22.4. The van der Waals surface area contributed by atoms with E-state index in [0.29, 0.717) is 24.4 Å². The van der Waals surface area contributed by atoms with Gasteiger partial charge < -0.3 is 14.4 Å². The number of nitrogens with zero attached hydrogens (tertiary/aromatic N) is 4. The van der Waals surface area contributed by atoms with Gasteiger partial charge in [-0.15, -0.1) is 0 Å². The number of carbonyl (C=O) groups excluding carboxylic acids is 1. The summed E-state index contributed by atoms with van der Waals surface area (Å²) in [6.07, 6.45) is 5.74. The van der Waals surface area contributed by atoms with Crippen LogP contribution in [0.3, 0.4) is 0 Å². The number of aromatic nitrogens is 3. The smallest absolute Gasteiger partial charge is 0.339 e. The fraction of sp³-hybridized carbons (Fsp3) is 0.387. The Balaban J connectivity index is 1.35. The molecule has 7 nitrogen and oxygen atoms in total. The summed E-state index contributed by atoms with van der Waals surface area (Å²) in [6.45, 7) is 8.15. The Morgan fingerprint density at radius 2 is 1.71 bits per heavy atom. The molecule has 1 saturated heterocycles. The third-order valence-corrected chi connectivity index (χ3v) is 7.10. The molecule has 0 amide bonds. The number of pyridine rings is 1. The highest BCUT2D eigenvalue weighted by Gasteiger charge is 2.21. The molecular formula is C31H36N4O3. The van der Waals surface area contributed by atoms with Gasteiger partial charge in [0.2, 0.25) is 0 Å². The Morgan fingerprint density at radius 3 is 2.45 bits per heavy atom. The topological polar surface area (TPSA) is 69.5 Å². The molecule has 0 N–H and O–H groups in total. The molecule has 1 aliphatic heterocycles. The number of piperidine rings is 1. The van der Waals surface area contributed by atoms with Crippen molar-refractivity contribution in [1.82, 2.24) is 19.7 Å². The summed E-state index contributed by atoms with van der Waals surface area (Å²) in [5, 5.41) is 5.59. The number of likely N-dealkylation sites (tertiary alicyclic amines) is 1. The standard InChI is InChI=1S/C31H36N4O3/c1-3-37-31(36)28-21-25(11-10-20-34-18-8-5-9-19-34)32-30-29(28)23(2)35(33-30)22-24-14-16-27(17-15-24)38-26-12-6-4-7-13-26/h4,6-7,12-17,21H,3,5,8-11,18-20,22H2,1-2H3. The monoisotopic (exact) mass is 512 g/mol. The molecule has 2 aromatic carbocycles. The van der Waals surface area contributed by atoms with Gasteiger partial charge in [-0.1, -0.05) is 36.8 Å². The Morgan fingerprint density at radius 1 is 0.974 bits per heavy atom. The van der Waals surface area contributed by atoms with Crippen LogP contribution in [0.4, 0.5) is 0 Å². The van der Waals surface area contributed by atoms with Gasteiger partial charge in [-0.05, 0) is 95.1 Å². The van der Waals surface area contributed by atoms with E-state index >= 15 is 0 Å². The molecular weight excluding hydrogens is 476 g/mol. The lowest BCUT2D eigenvalue weighted by atomic mass is 10.1. The first-order valence-corrected chi connectivity index (χ1v) is 13.7. The third-order valence-electron chi connectivity index (χ3n) is 7.10. The molecule has 0 unspecified atom stereocenters. The summed E-state index contributed by atoms with van der Waals surface area (Å²) in [6, 6.07) is 19.6. The predicted molar refractivity (Wildman–Crippen MR) is 149 cm³/mol. The molecule has 38 heavy (non-hydrogen) atoms. The minimum absolute atomic E-state index is 0.317. The van der Waals surface area contributed by atoms with Crippen molar-refractivity contribution < 1.29 is 14.3 Å². The lowest BCUT2D eigenvalue weighted by molar-refractivity contribution is 0.0528. The van der Waals surface area contributed by atoms with Crippen molar-refractivity contribution in [2.75, 3.05) is 26.2 Å². The highest BCUT2D eigenvalue weighted by atomic mass is 16.5. The summed E-state index contributed by atoms with van der Waals surface area (Å²) in [5.41, 5.74) is 4.04. The molecule has 0 atom stereocenters. The minimum Gasteiger partial charge on any atom is -0.462 e. The van der Waals surface area contributed by atoms with E-state index in [2.05, 4.69) is 4.90 Å². The van der Waals surface area contributed by atoms with Crippen molar-refractivity contribution in [2.45, 2.75) is 52.5 Å². The van der Waals surface area contributed by atoms with Crippen molar-refractivity contribution in [3.8, 4) is 11.5 Å². The molecule has 0 saturated carbocycles. The molecule has 4 aromatic rings. The summed E-state index contributed by atoms with van der Waals surface area (Å²) < 4.78 is 13.2. The number of para-hydroxylation sites is 1. The number of fused-ring (bicyclic) bond motifs is 1. The van der Waals surface area contributed by atoms with E-state index in [-0.39, 0.29) is 5.97 Å². The van der Waals surface area contributed by atoms with Crippen LogP contribution in [-0.2, 0) is 17.7 Å². The van der Waals surface area contributed by atoms with Crippen LogP contribution in [-0.4, -0.2) is 51.9 Å². The van der Waals surface area contributed by atoms with Crippen LogP contribution < -0.4 is 4.74 Å². The van der Waals surface area contributed by atoms with Crippen molar-refractivity contribution in [3.63, 3.8) is 0 Å². The fourth-order valence-corrected chi connectivity index (χ4v) is 5.11. The molecule has 0 aliphatic carbocycles. The Bertz CT molecular complexity index is 1360. The van der Waals surface area contributed by atoms with E-state index in [4.69, 9.17) is 19.6 Å². The van der Waals surface area contributed by atoms with E-state index in [9.17, 15) is 4.79 Å². The van der Waals surface area contributed by atoms with Gasteiger partial charge in [0.15, 0.2) is 5.65 Å².